The summed E-state index contributed by atoms with van der Waals surface area (Å²) in [6.45, 7) is 0. The maximum Gasteiger partial charge on any atom is 0.416 e. The Morgan fingerprint density at radius 1 is 0.967 bits per heavy atom. The average Bonchev–Trinajstić information content (AvgIpc) is 3.14. The normalized spacial score (nSPS) is 12.0. The van der Waals surface area contributed by atoms with Gasteiger partial charge in [-0.05, 0) is 53.1 Å². The van der Waals surface area contributed by atoms with Gasteiger partial charge < -0.3 is 10.7 Å². The highest BCUT2D eigenvalue weighted by molar-refractivity contribution is 6.00. The minimum atomic E-state index is -4.36. The van der Waals surface area contributed by atoms with Crippen LogP contribution in [0.5, 0.6) is 0 Å². The first-order chi connectivity index (χ1) is 14.3. The van der Waals surface area contributed by atoms with Crippen LogP contribution in [0.3, 0.4) is 0 Å². The molecule has 0 atom stereocenters. The average molecular weight is 407 g/mol. The van der Waals surface area contributed by atoms with Gasteiger partial charge in [0.1, 0.15) is 5.82 Å². The molecule has 3 N–H and O–H groups in total. The number of nitrogens with zero attached hydrogens (tertiary/aromatic N) is 1. The molecule has 0 fully saturated rings. The van der Waals surface area contributed by atoms with Crippen molar-refractivity contribution in [1.29, 1.82) is 0 Å². The van der Waals surface area contributed by atoms with Crippen LogP contribution in [-0.4, -0.2) is 15.9 Å². The quantitative estimate of drug-likeness (QED) is 0.468. The molecule has 1 aromatic heterocycles. The van der Waals surface area contributed by atoms with Crippen molar-refractivity contribution in [1.82, 2.24) is 9.97 Å². The minimum absolute atomic E-state index is 0.429. The van der Waals surface area contributed by atoms with Crippen molar-refractivity contribution in [3.05, 3.63) is 89.2 Å². The first-order valence-corrected chi connectivity index (χ1v) is 9.05. The molecule has 30 heavy (non-hydrogen) atoms. The number of carbonyl (C=O) groups is 1. The Labute approximate surface area is 169 Å². The molecule has 0 saturated heterocycles. The van der Waals surface area contributed by atoms with E-state index in [1.165, 1.54) is 12.1 Å². The van der Waals surface area contributed by atoms with E-state index in [-0.39, 0.29) is 0 Å². The number of nitrogens with two attached hydrogens (primary N) is 1. The standard InChI is InChI=1S/C23H16F3N3O/c24-23(25,26)16-9-5-14(6-10-16)7-12-21-28-19-11-8-15(13-20(19)29-21)17-3-1-2-4-18(17)22(27)30/h1-13H,(H2,27,30)(H,28,29). The van der Waals surface area contributed by atoms with Gasteiger partial charge in [-0.3, -0.25) is 4.79 Å². The molecule has 0 saturated carbocycles. The minimum Gasteiger partial charge on any atom is -0.366 e. The fourth-order valence-corrected chi connectivity index (χ4v) is 3.18. The maximum atomic E-state index is 12.7. The van der Waals surface area contributed by atoms with Gasteiger partial charge in [-0.1, -0.05) is 42.5 Å². The summed E-state index contributed by atoms with van der Waals surface area (Å²) in [5.74, 6) is 0.0562. The molecule has 4 aromatic rings. The first-order valence-electron chi connectivity index (χ1n) is 9.05. The van der Waals surface area contributed by atoms with Gasteiger partial charge in [0.25, 0.3) is 0 Å². The van der Waals surface area contributed by atoms with Crippen molar-refractivity contribution in [2.75, 3.05) is 0 Å². The number of aromatic amines is 1. The zero-order valence-electron chi connectivity index (χ0n) is 15.6. The van der Waals surface area contributed by atoms with Gasteiger partial charge in [0, 0.05) is 5.56 Å². The summed E-state index contributed by atoms with van der Waals surface area (Å²) in [5, 5.41) is 0. The summed E-state index contributed by atoms with van der Waals surface area (Å²) in [6, 6.07) is 17.5. The molecule has 0 aliphatic carbocycles. The van der Waals surface area contributed by atoms with Gasteiger partial charge in [-0.25, -0.2) is 4.98 Å². The van der Waals surface area contributed by atoms with Gasteiger partial charge in [0.05, 0.1) is 16.6 Å². The van der Waals surface area contributed by atoms with Crippen molar-refractivity contribution in [2.45, 2.75) is 6.18 Å². The molecule has 1 heterocycles. The van der Waals surface area contributed by atoms with Crippen LogP contribution in [0.2, 0.25) is 0 Å². The van der Waals surface area contributed by atoms with E-state index in [1.807, 2.05) is 30.3 Å². The van der Waals surface area contributed by atoms with E-state index < -0.39 is 17.6 Å². The predicted octanol–water partition coefficient (Wildman–Crippen LogP) is 5.52. The zero-order valence-corrected chi connectivity index (χ0v) is 15.6. The summed E-state index contributed by atoms with van der Waals surface area (Å²) in [7, 11) is 0. The smallest absolute Gasteiger partial charge is 0.366 e. The molecule has 0 spiro atoms. The lowest BCUT2D eigenvalue weighted by atomic mass is 9.99. The molecule has 0 radical (unpaired) electrons. The van der Waals surface area contributed by atoms with Gasteiger partial charge in [-0.2, -0.15) is 13.2 Å². The second kappa shape index (κ2) is 7.51. The lowest BCUT2D eigenvalue weighted by Crippen LogP contribution is -2.12. The highest BCUT2D eigenvalue weighted by Crippen LogP contribution is 2.29. The molecule has 1 amide bonds. The number of fused-ring (bicyclic) bond motifs is 1. The number of benzene rings is 3. The number of aromatic nitrogens is 2. The SMILES string of the molecule is NC(=O)c1ccccc1-c1ccc2nc(C=Cc3ccc(C(F)(F)F)cc3)[nH]c2c1. The van der Waals surface area contributed by atoms with Gasteiger partial charge in [-0.15, -0.1) is 0 Å². The third kappa shape index (κ3) is 3.96. The summed E-state index contributed by atoms with van der Waals surface area (Å²) in [5.41, 5.74) is 8.86. The van der Waals surface area contributed by atoms with Crippen molar-refractivity contribution in [3.8, 4) is 11.1 Å². The Kier molecular flexibility index (Phi) is 4.87. The van der Waals surface area contributed by atoms with E-state index in [1.54, 1.807) is 24.3 Å². The van der Waals surface area contributed by atoms with Gasteiger partial charge in [0.15, 0.2) is 0 Å². The van der Waals surface area contributed by atoms with Crippen LogP contribution in [0.1, 0.15) is 27.3 Å². The van der Waals surface area contributed by atoms with Crippen molar-refractivity contribution >= 4 is 29.1 Å². The number of H-pyrrole nitrogens is 1. The summed E-state index contributed by atoms with van der Waals surface area (Å²) < 4.78 is 38.0. The molecule has 150 valence electrons. The number of hydrogen-bond acceptors (Lipinski definition) is 2. The zero-order chi connectivity index (χ0) is 21.3. The molecular weight excluding hydrogens is 391 g/mol. The van der Waals surface area contributed by atoms with Crippen LogP contribution < -0.4 is 5.73 Å². The summed E-state index contributed by atoms with van der Waals surface area (Å²) >= 11 is 0. The van der Waals surface area contributed by atoms with Crippen LogP contribution in [0.15, 0.2) is 66.7 Å². The highest BCUT2D eigenvalue weighted by Gasteiger charge is 2.29. The van der Waals surface area contributed by atoms with E-state index in [0.717, 1.165) is 34.3 Å². The lowest BCUT2D eigenvalue weighted by molar-refractivity contribution is -0.137. The van der Waals surface area contributed by atoms with E-state index in [0.29, 0.717) is 17.0 Å². The molecule has 4 rings (SSSR count). The molecule has 0 bridgehead atoms. The molecular formula is C23H16F3N3O. The monoisotopic (exact) mass is 407 g/mol. The lowest BCUT2D eigenvalue weighted by Gasteiger charge is -2.06. The molecule has 3 aromatic carbocycles. The van der Waals surface area contributed by atoms with Crippen LogP contribution in [0.25, 0.3) is 34.3 Å². The van der Waals surface area contributed by atoms with Crippen LogP contribution in [0, 0.1) is 0 Å². The molecule has 0 aliphatic rings. The van der Waals surface area contributed by atoms with Crippen LogP contribution in [-0.2, 0) is 6.18 Å². The number of carbonyl (C=O) groups excluding carboxylic acids is 1. The van der Waals surface area contributed by atoms with E-state index in [9.17, 15) is 18.0 Å². The molecule has 7 heteroatoms. The summed E-state index contributed by atoms with van der Waals surface area (Å²) in [6.07, 6.45) is -0.980. The molecule has 0 aliphatic heterocycles. The maximum absolute atomic E-state index is 12.7. The number of halogens is 3. The van der Waals surface area contributed by atoms with E-state index >= 15 is 0 Å². The number of imidazole rings is 1. The Morgan fingerprint density at radius 3 is 2.40 bits per heavy atom. The number of hydrogen-bond donors (Lipinski definition) is 2. The van der Waals surface area contributed by atoms with E-state index in [4.69, 9.17) is 5.73 Å². The van der Waals surface area contributed by atoms with Gasteiger partial charge >= 0.3 is 6.18 Å². The Hall–Kier alpha value is -3.87. The Balaban J connectivity index is 1.62. The van der Waals surface area contributed by atoms with Crippen molar-refractivity contribution < 1.29 is 18.0 Å². The number of amides is 1. The first kappa shape index (κ1) is 19.4. The third-order valence-electron chi connectivity index (χ3n) is 4.68. The molecule has 0 unspecified atom stereocenters. The fraction of sp³-hybridized carbons (Fsp3) is 0.0435. The third-order valence-corrected chi connectivity index (χ3v) is 4.68. The largest absolute Gasteiger partial charge is 0.416 e. The number of rotatable bonds is 4. The fourth-order valence-electron chi connectivity index (χ4n) is 3.18. The predicted molar refractivity (Wildman–Crippen MR) is 110 cm³/mol. The van der Waals surface area contributed by atoms with Gasteiger partial charge in [0.2, 0.25) is 5.91 Å². The number of alkyl halides is 3. The van der Waals surface area contributed by atoms with Crippen LogP contribution in [0.4, 0.5) is 13.2 Å². The van der Waals surface area contributed by atoms with Crippen LogP contribution >= 0.6 is 0 Å². The Morgan fingerprint density at radius 2 is 1.70 bits per heavy atom. The van der Waals surface area contributed by atoms with E-state index in [2.05, 4.69) is 9.97 Å². The van der Waals surface area contributed by atoms with Crippen molar-refractivity contribution in [2.24, 2.45) is 5.73 Å². The summed E-state index contributed by atoms with van der Waals surface area (Å²) in [4.78, 5) is 19.3. The highest BCUT2D eigenvalue weighted by atomic mass is 19.4. The second-order valence-corrected chi connectivity index (χ2v) is 6.72. The Bertz CT molecular complexity index is 1250. The number of primary amides is 1. The topological polar surface area (TPSA) is 71.8 Å². The second-order valence-electron chi connectivity index (χ2n) is 6.72. The molecule has 4 nitrogen and oxygen atoms in total. The number of nitrogens with one attached hydrogen (secondary N) is 1. The van der Waals surface area contributed by atoms with Crippen molar-refractivity contribution in [3.63, 3.8) is 0 Å².